The van der Waals surface area contributed by atoms with Crippen LogP contribution in [-0.2, 0) is 18.7 Å². The predicted molar refractivity (Wildman–Crippen MR) is 86.9 cm³/mol. The Balaban J connectivity index is 1.88. The van der Waals surface area contributed by atoms with Crippen LogP contribution >= 0.6 is 11.6 Å². The van der Waals surface area contributed by atoms with Gasteiger partial charge in [-0.15, -0.1) is 11.6 Å². The topological polar surface area (TPSA) is 17.8 Å². The Bertz CT molecular complexity index is 794. The number of nitrogens with zero attached hydrogens (tertiary/aromatic N) is 2. The van der Waals surface area contributed by atoms with Gasteiger partial charge in [-0.3, -0.25) is 0 Å². The molecule has 1 aliphatic rings. The molecule has 0 amide bonds. The molecule has 0 unspecified atom stereocenters. The summed E-state index contributed by atoms with van der Waals surface area (Å²) in [6.45, 7) is 2.15. The number of halogens is 1. The van der Waals surface area contributed by atoms with Crippen molar-refractivity contribution in [1.29, 1.82) is 0 Å². The van der Waals surface area contributed by atoms with E-state index in [1.54, 1.807) is 0 Å². The molecule has 0 aliphatic heterocycles. The Morgan fingerprint density at radius 3 is 2.48 bits per heavy atom. The molecular weight excluding hydrogens is 280 g/mol. The van der Waals surface area contributed by atoms with Crippen molar-refractivity contribution in [2.75, 3.05) is 0 Å². The van der Waals surface area contributed by atoms with Gasteiger partial charge in [0, 0.05) is 6.04 Å². The molecule has 0 fully saturated rings. The van der Waals surface area contributed by atoms with Crippen molar-refractivity contribution >= 4 is 22.6 Å². The second kappa shape index (κ2) is 4.88. The first-order valence-corrected chi connectivity index (χ1v) is 7.90. The van der Waals surface area contributed by atoms with Gasteiger partial charge in [0.25, 0.3) is 0 Å². The molecule has 1 aromatic heterocycles. The number of benzene rings is 2. The lowest BCUT2D eigenvalue weighted by Gasteiger charge is -2.16. The second-order valence-electron chi connectivity index (χ2n) is 5.81. The number of hydrogen-bond acceptors (Lipinski definition) is 1. The van der Waals surface area contributed by atoms with Crippen LogP contribution in [0.5, 0.6) is 0 Å². The van der Waals surface area contributed by atoms with Gasteiger partial charge in [0.05, 0.1) is 16.9 Å². The van der Waals surface area contributed by atoms with Crippen molar-refractivity contribution in [3.8, 4) is 0 Å². The molecule has 2 aromatic carbocycles. The predicted octanol–water partition coefficient (Wildman–Crippen LogP) is 4.42. The maximum absolute atomic E-state index is 6.16. The lowest BCUT2D eigenvalue weighted by atomic mass is 10.1. The van der Waals surface area contributed by atoms with E-state index >= 15 is 0 Å². The number of para-hydroxylation sites is 1. The molecule has 4 rings (SSSR count). The van der Waals surface area contributed by atoms with Crippen LogP contribution in [0.3, 0.4) is 0 Å². The highest BCUT2D eigenvalue weighted by Gasteiger charge is 2.26. The summed E-state index contributed by atoms with van der Waals surface area (Å²) in [6, 6.07) is 15.5. The number of imidazole rings is 1. The quantitative estimate of drug-likeness (QED) is 0.640. The maximum Gasteiger partial charge on any atom is 0.125 e. The number of aryl methyl sites for hydroxylation is 1. The molecule has 106 valence electrons. The third-order valence-electron chi connectivity index (χ3n) is 4.50. The summed E-state index contributed by atoms with van der Waals surface area (Å²) in [7, 11) is 0. The SMILES string of the molecule is Cc1cccc2nc(CCl)n(C3Cc4ccccc4C3)c12. The fraction of sp³-hybridized carbons (Fsp3) is 0.278. The highest BCUT2D eigenvalue weighted by atomic mass is 35.5. The number of hydrogen-bond donors (Lipinski definition) is 0. The molecule has 3 aromatic rings. The molecule has 0 atom stereocenters. The minimum Gasteiger partial charge on any atom is -0.323 e. The van der Waals surface area contributed by atoms with Crippen LogP contribution in [-0.4, -0.2) is 9.55 Å². The van der Waals surface area contributed by atoms with Gasteiger partial charge in [-0.25, -0.2) is 4.98 Å². The zero-order valence-electron chi connectivity index (χ0n) is 12.0. The van der Waals surface area contributed by atoms with Crippen LogP contribution in [0.1, 0.15) is 28.6 Å². The van der Waals surface area contributed by atoms with Crippen molar-refractivity contribution < 1.29 is 0 Å². The van der Waals surface area contributed by atoms with Crippen LogP contribution in [0.15, 0.2) is 42.5 Å². The second-order valence-corrected chi connectivity index (χ2v) is 6.07. The number of rotatable bonds is 2. The Labute approximate surface area is 129 Å². The van der Waals surface area contributed by atoms with Crippen LogP contribution in [0, 0.1) is 6.92 Å². The summed E-state index contributed by atoms with van der Waals surface area (Å²) >= 11 is 6.16. The number of fused-ring (bicyclic) bond motifs is 2. The molecule has 21 heavy (non-hydrogen) atoms. The maximum atomic E-state index is 6.16. The largest absolute Gasteiger partial charge is 0.323 e. The van der Waals surface area contributed by atoms with Crippen molar-refractivity contribution in [2.45, 2.75) is 31.7 Å². The fourth-order valence-electron chi connectivity index (χ4n) is 3.57. The van der Waals surface area contributed by atoms with E-state index in [2.05, 4.69) is 54.0 Å². The third kappa shape index (κ3) is 1.97. The normalized spacial score (nSPS) is 14.8. The van der Waals surface area contributed by atoms with Gasteiger partial charge in [0.15, 0.2) is 0 Å². The average Bonchev–Trinajstić information content (AvgIpc) is 3.08. The van der Waals surface area contributed by atoms with Gasteiger partial charge in [-0.05, 0) is 42.5 Å². The lowest BCUT2D eigenvalue weighted by Crippen LogP contribution is -2.12. The number of alkyl halides is 1. The fourth-order valence-corrected chi connectivity index (χ4v) is 3.76. The highest BCUT2D eigenvalue weighted by molar-refractivity contribution is 6.16. The first kappa shape index (κ1) is 12.9. The van der Waals surface area contributed by atoms with Gasteiger partial charge in [-0.1, -0.05) is 36.4 Å². The highest BCUT2D eigenvalue weighted by Crippen LogP contribution is 2.34. The number of aromatic nitrogens is 2. The first-order valence-electron chi connectivity index (χ1n) is 7.37. The zero-order chi connectivity index (χ0) is 14.4. The van der Waals surface area contributed by atoms with Crippen LogP contribution in [0.2, 0.25) is 0 Å². The molecular formula is C18H17ClN2. The zero-order valence-corrected chi connectivity index (χ0v) is 12.8. The summed E-state index contributed by atoms with van der Waals surface area (Å²) in [5.41, 5.74) is 6.48. The Hall–Kier alpha value is -1.80. The monoisotopic (exact) mass is 296 g/mol. The molecule has 0 radical (unpaired) electrons. The Morgan fingerprint density at radius 1 is 1.10 bits per heavy atom. The van der Waals surface area contributed by atoms with E-state index in [0.29, 0.717) is 11.9 Å². The molecule has 0 bridgehead atoms. The summed E-state index contributed by atoms with van der Waals surface area (Å²) in [5.74, 6) is 1.44. The van der Waals surface area contributed by atoms with Crippen molar-refractivity contribution in [3.63, 3.8) is 0 Å². The van der Waals surface area contributed by atoms with E-state index in [0.717, 1.165) is 24.2 Å². The van der Waals surface area contributed by atoms with Crippen LogP contribution < -0.4 is 0 Å². The van der Waals surface area contributed by atoms with Crippen LogP contribution in [0.25, 0.3) is 11.0 Å². The van der Waals surface area contributed by atoms with Crippen molar-refractivity contribution in [2.24, 2.45) is 0 Å². The molecule has 1 heterocycles. The summed E-state index contributed by atoms with van der Waals surface area (Å²) in [4.78, 5) is 4.73. The molecule has 0 saturated heterocycles. The molecule has 3 heteroatoms. The van der Waals surface area contributed by atoms with Crippen molar-refractivity contribution in [1.82, 2.24) is 9.55 Å². The molecule has 2 nitrogen and oxygen atoms in total. The van der Waals surface area contributed by atoms with E-state index in [1.807, 2.05) is 0 Å². The van der Waals surface area contributed by atoms with E-state index in [4.69, 9.17) is 16.6 Å². The molecule has 1 aliphatic carbocycles. The smallest absolute Gasteiger partial charge is 0.125 e. The third-order valence-corrected chi connectivity index (χ3v) is 4.74. The van der Waals surface area contributed by atoms with Crippen LogP contribution in [0.4, 0.5) is 0 Å². The lowest BCUT2D eigenvalue weighted by molar-refractivity contribution is 0.528. The van der Waals surface area contributed by atoms with E-state index < -0.39 is 0 Å². The average molecular weight is 297 g/mol. The Kier molecular flexibility index (Phi) is 3.00. The molecule has 0 spiro atoms. The summed E-state index contributed by atoms with van der Waals surface area (Å²) in [5, 5.41) is 0. The van der Waals surface area contributed by atoms with Crippen molar-refractivity contribution in [3.05, 3.63) is 65.0 Å². The summed E-state index contributed by atoms with van der Waals surface area (Å²) in [6.07, 6.45) is 2.14. The standard InChI is InChI=1S/C18H17ClN2/c1-12-5-4-8-16-18(12)21(17(11-19)20-16)15-9-13-6-2-3-7-14(13)10-15/h2-8,15H,9-11H2,1H3. The van der Waals surface area contributed by atoms with E-state index in [1.165, 1.54) is 22.2 Å². The van der Waals surface area contributed by atoms with Gasteiger partial charge in [-0.2, -0.15) is 0 Å². The van der Waals surface area contributed by atoms with Gasteiger partial charge >= 0.3 is 0 Å². The first-order chi connectivity index (χ1) is 10.3. The van der Waals surface area contributed by atoms with E-state index in [-0.39, 0.29) is 0 Å². The molecule has 0 N–H and O–H groups in total. The van der Waals surface area contributed by atoms with Gasteiger partial charge < -0.3 is 4.57 Å². The van der Waals surface area contributed by atoms with Gasteiger partial charge in [0.1, 0.15) is 5.82 Å². The van der Waals surface area contributed by atoms with E-state index in [9.17, 15) is 0 Å². The van der Waals surface area contributed by atoms with Gasteiger partial charge in [0.2, 0.25) is 0 Å². The minimum atomic E-state index is 0.433. The summed E-state index contributed by atoms with van der Waals surface area (Å²) < 4.78 is 2.37. The Morgan fingerprint density at radius 2 is 1.81 bits per heavy atom. The molecule has 0 saturated carbocycles. The minimum absolute atomic E-state index is 0.433.